The lowest BCUT2D eigenvalue weighted by molar-refractivity contribution is -0.123. The molecule has 0 bridgehead atoms. The molecule has 0 aliphatic rings. The molecule has 16 heavy (non-hydrogen) atoms. The summed E-state index contributed by atoms with van der Waals surface area (Å²) in [5.74, 6) is -0.0673. The quantitative estimate of drug-likeness (QED) is 0.683. The Morgan fingerprint density at radius 3 is 2.56 bits per heavy atom. The molecule has 1 aromatic rings. The molecule has 0 atom stereocenters. The highest BCUT2D eigenvalue weighted by Crippen LogP contribution is 2.10. The van der Waals surface area contributed by atoms with Crippen molar-refractivity contribution in [3.63, 3.8) is 0 Å². The van der Waals surface area contributed by atoms with E-state index in [9.17, 15) is 4.79 Å². The molecule has 0 aliphatic carbocycles. The van der Waals surface area contributed by atoms with Gasteiger partial charge in [-0.2, -0.15) is 0 Å². The summed E-state index contributed by atoms with van der Waals surface area (Å²) >= 11 is 0. The minimum absolute atomic E-state index is 0.0673. The van der Waals surface area contributed by atoms with E-state index in [1.807, 2.05) is 30.3 Å². The molecule has 0 aromatic heterocycles. The summed E-state index contributed by atoms with van der Waals surface area (Å²) < 4.78 is 9.98. The van der Waals surface area contributed by atoms with Crippen LogP contribution in [-0.2, 0) is 14.3 Å². The maximum Gasteiger partial charge on any atom is 0.252 e. The van der Waals surface area contributed by atoms with Crippen molar-refractivity contribution in [1.82, 2.24) is 0 Å². The fourth-order valence-electron chi connectivity index (χ4n) is 1.19. The second kappa shape index (κ2) is 6.98. The SMILES string of the molecule is COCCOCC(=O)N(C)c1ccccc1. The molecule has 0 saturated carbocycles. The third-order valence-corrected chi connectivity index (χ3v) is 2.17. The molecule has 0 N–H and O–H groups in total. The summed E-state index contributed by atoms with van der Waals surface area (Å²) in [5.41, 5.74) is 0.864. The third kappa shape index (κ3) is 4.00. The average Bonchev–Trinajstić information content (AvgIpc) is 2.34. The molecule has 0 aliphatic heterocycles. The van der Waals surface area contributed by atoms with Gasteiger partial charge < -0.3 is 14.4 Å². The molecule has 1 rings (SSSR count). The van der Waals surface area contributed by atoms with Crippen molar-refractivity contribution in [2.45, 2.75) is 0 Å². The second-order valence-corrected chi connectivity index (χ2v) is 3.33. The van der Waals surface area contributed by atoms with Crippen LogP contribution in [0.4, 0.5) is 5.69 Å². The van der Waals surface area contributed by atoms with E-state index in [2.05, 4.69) is 0 Å². The van der Waals surface area contributed by atoms with Gasteiger partial charge in [0, 0.05) is 19.8 Å². The first-order chi connectivity index (χ1) is 7.75. The summed E-state index contributed by atoms with van der Waals surface area (Å²) in [4.78, 5) is 13.2. The van der Waals surface area contributed by atoms with E-state index in [0.29, 0.717) is 13.2 Å². The zero-order valence-corrected chi connectivity index (χ0v) is 9.68. The van der Waals surface area contributed by atoms with Gasteiger partial charge in [-0.25, -0.2) is 0 Å². The molecule has 0 fully saturated rings. The predicted octanol–water partition coefficient (Wildman–Crippen LogP) is 1.31. The summed E-state index contributed by atoms with van der Waals surface area (Å²) in [6.07, 6.45) is 0. The molecular formula is C12H17NO3. The van der Waals surface area contributed by atoms with Gasteiger partial charge in [-0.1, -0.05) is 18.2 Å². The van der Waals surface area contributed by atoms with Crippen LogP contribution in [0.15, 0.2) is 30.3 Å². The lowest BCUT2D eigenvalue weighted by Gasteiger charge is -2.17. The Morgan fingerprint density at radius 2 is 1.94 bits per heavy atom. The van der Waals surface area contributed by atoms with Gasteiger partial charge in [-0.15, -0.1) is 0 Å². The molecular weight excluding hydrogens is 206 g/mol. The van der Waals surface area contributed by atoms with Crippen LogP contribution in [-0.4, -0.2) is 39.9 Å². The summed E-state index contributed by atoms with van der Waals surface area (Å²) in [5, 5.41) is 0. The summed E-state index contributed by atoms with van der Waals surface area (Å²) in [7, 11) is 3.33. The molecule has 0 radical (unpaired) electrons. The molecule has 0 unspecified atom stereocenters. The van der Waals surface area contributed by atoms with Crippen molar-refractivity contribution in [3.8, 4) is 0 Å². The number of carbonyl (C=O) groups excluding carboxylic acids is 1. The molecule has 0 heterocycles. The number of para-hydroxylation sites is 1. The van der Waals surface area contributed by atoms with Crippen molar-refractivity contribution in [2.24, 2.45) is 0 Å². The predicted molar refractivity (Wildman–Crippen MR) is 62.5 cm³/mol. The van der Waals surface area contributed by atoms with Crippen LogP contribution in [0.3, 0.4) is 0 Å². The van der Waals surface area contributed by atoms with Crippen molar-refractivity contribution in [2.75, 3.05) is 38.9 Å². The van der Waals surface area contributed by atoms with Gasteiger partial charge in [-0.3, -0.25) is 4.79 Å². The molecule has 4 heteroatoms. The number of anilines is 1. The second-order valence-electron chi connectivity index (χ2n) is 3.33. The lowest BCUT2D eigenvalue weighted by atomic mass is 10.3. The Hall–Kier alpha value is -1.39. The standard InChI is InChI=1S/C12H17NO3/c1-13(11-6-4-3-5-7-11)12(14)10-16-9-8-15-2/h3-7H,8-10H2,1-2H3. The number of rotatable bonds is 6. The Labute approximate surface area is 95.8 Å². The van der Waals surface area contributed by atoms with Crippen molar-refractivity contribution >= 4 is 11.6 Å². The molecule has 88 valence electrons. The number of carbonyl (C=O) groups is 1. The first-order valence-electron chi connectivity index (χ1n) is 5.14. The number of likely N-dealkylation sites (N-methyl/N-ethyl adjacent to an activating group) is 1. The highest BCUT2D eigenvalue weighted by atomic mass is 16.5. The Kier molecular flexibility index (Phi) is 5.53. The number of amides is 1. The lowest BCUT2D eigenvalue weighted by Crippen LogP contribution is -2.30. The maximum absolute atomic E-state index is 11.7. The molecule has 1 aromatic carbocycles. The maximum atomic E-state index is 11.7. The van der Waals surface area contributed by atoms with Crippen LogP contribution in [0.1, 0.15) is 0 Å². The van der Waals surface area contributed by atoms with Crippen molar-refractivity contribution in [3.05, 3.63) is 30.3 Å². The summed E-state index contributed by atoms with van der Waals surface area (Å²) in [6.45, 7) is 1.02. The van der Waals surface area contributed by atoms with Crippen LogP contribution in [0.2, 0.25) is 0 Å². The van der Waals surface area contributed by atoms with Crippen LogP contribution >= 0.6 is 0 Å². The largest absolute Gasteiger partial charge is 0.382 e. The monoisotopic (exact) mass is 223 g/mol. The van der Waals surface area contributed by atoms with Gasteiger partial charge in [0.05, 0.1) is 13.2 Å². The van der Waals surface area contributed by atoms with Crippen LogP contribution in [0.5, 0.6) is 0 Å². The number of methoxy groups -OCH3 is 1. The van der Waals surface area contributed by atoms with E-state index in [4.69, 9.17) is 9.47 Å². The van der Waals surface area contributed by atoms with E-state index in [1.54, 1.807) is 19.1 Å². The highest BCUT2D eigenvalue weighted by molar-refractivity contribution is 5.93. The number of ether oxygens (including phenoxy) is 2. The minimum atomic E-state index is -0.0673. The Morgan fingerprint density at radius 1 is 1.25 bits per heavy atom. The summed E-state index contributed by atoms with van der Waals surface area (Å²) in [6, 6.07) is 9.47. The molecule has 1 amide bonds. The van der Waals surface area contributed by atoms with Gasteiger partial charge in [0.15, 0.2) is 0 Å². The third-order valence-electron chi connectivity index (χ3n) is 2.17. The van der Waals surface area contributed by atoms with E-state index in [1.165, 1.54) is 0 Å². The fraction of sp³-hybridized carbons (Fsp3) is 0.417. The average molecular weight is 223 g/mol. The van der Waals surface area contributed by atoms with Crippen molar-refractivity contribution < 1.29 is 14.3 Å². The van der Waals surface area contributed by atoms with Crippen molar-refractivity contribution in [1.29, 1.82) is 0 Å². The smallest absolute Gasteiger partial charge is 0.252 e. The fourth-order valence-corrected chi connectivity index (χ4v) is 1.19. The van der Waals surface area contributed by atoms with E-state index in [0.717, 1.165) is 5.69 Å². The van der Waals surface area contributed by atoms with Gasteiger partial charge in [0.25, 0.3) is 5.91 Å². The van der Waals surface area contributed by atoms with Gasteiger partial charge >= 0.3 is 0 Å². The highest BCUT2D eigenvalue weighted by Gasteiger charge is 2.09. The van der Waals surface area contributed by atoms with Gasteiger partial charge in [0.1, 0.15) is 6.61 Å². The van der Waals surface area contributed by atoms with E-state index < -0.39 is 0 Å². The van der Waals surface area contributed by atoms with Gasteiger partial charge in [0.2, 0.25) is 0 Å². The first kappa shape index (κ1) is 12.7. The molecule has 0 spiro atoms. The normalized spacial score (nSPS) is 10.1. The number of nitrogens with zero attached hydrogens (tertiary/aromatic N) is 1. The number of hydrogen-bond acceptors (Lipinski definition) is 3. The van der Waals surface area contributed by atoms with Crippen LogP contribution < -0.4 is 4.90 Å². The number of benzene rings is 1. The van der Waals surface area contributed by atoms with Crippen LogP contribution in [0, 0.1) is 0 Å². The topological polar surface area (TPSA) is 38.8 Å². The van der Waals surface area contributed by atoms with E-state index in [-0.39, 0.29) is 12.5 Å². The zero-order chi connectivity index (χ0) is 11.8. The van der Waals surface area contributed by atoms with Crippen LogP contribution in [0.25, 0.3) is 0 Å². The molecule has 4 nitrogen and oxygen atoms in total. The Balaban J connectivity index is 2.37. The Bertz CT molecular complexity index is 313. The van der Waals surface area contributed by atoms with Gasteiger partial charge in [-0.05, 0) is 12.1 Å². The number of hydrogen-bond donors (Lipinski definition) is 0. The van der Waals surface area contributed by atoms with E-state index >= 15 is 0 Å². The first-order valence-corrected chi connectivity index (χ1v) is 5.14. The minimum Gasteiger partial charge on any atom is -0.382 e. The zero-order valence-electron chi connectivity index (χ0n) is 9.68. The molecule has 0 saturated heterocycles.